The molecule has 0 spiro atoms. The average molecular weight is 293 g/mol. The fraction of sp³-hybridized carbons (Fsp3) is 0.429. The predicted molar refractivity (Wildman–Crippen MR) is 75.4 cm³/mol. The molecule has 6 heteroatoms. The summed E-state index contributed by atoms with van der Waals surface area (Å²) in [6, 6.07) is 5.49. The number of amides is 1. The highest BCUT2D eigenvalue weighted by atomic mass is 32.2. The third kappa shape index (κ3) is 2.75. The van der Waals surface area contributed by atoms with Gasteiger partial charge in [-0.2, -0.15) is 0 Å². The maximum absolute atomic E-state index is 12.3. The summed E-state index contributed by atoms with van der Waals surface area (Å²) in [5, 5.41) is 8.72. The zero-order valence-corrected chi connectivity index (χ0v) is 11.7. The fourth-order valence-electron chi connectivity index (χ4n) is 2.21. The zero-order chi connectivity index (χ0) is 14.1. The first-order valence-electron chi connectivity index (χ1n) is 6.58. The minimum Gasteiger partial charge on any atom is -0.490 e. The van der Waals surface area contributed by atoms with Gasteiger partial charge in [-0.25, -0.2) is 0 Å². The molecule has 1 aromatic rings. The first kappa shape index (κ1) is 13.3. The molecule has 0 radical (unpaired) electrons. The molecule has 1 aromatic carbocycles. The number of benzene rings is 1. The van der Waals surface area contributed by atoms with E-state index in [4.69, 9.17) is 9.84 Å². The Morgan fingerprint density at radius 2 is 2.20 bits per heavy atom. The maximum atomic E-state index is 12.3. The topological polar surface area (TPSA) is 66.8 Å². The highest BCUT2D eigenvalue weighted by Gasteiger charge is 2.36. The quantitative estimate of drug-likeness (QED) is 0.860. The lowest BCUT2D eigenvalue weighted by Crippen LogP contribution is -2.38. The van der Waals surface area contributed by atoms with Gasteiger partial charge in [0, 0.05) is 10.8 Å². The second kappa shape index (κ2) is 5.36. The average Bonchev–Trinajstić information content (AvgIpc) is 3.28. The molecular formula is C14H15NO4S. The summed E-state index contributed by atoms with van der Waals surface area (Å²) >= 11 is 1.25. The Balaban J connectivity index is 1.84. The smallest absolute Gasteiger partial charge is 0.313 e. The van der Waals surface area contributed by atoms with Crippen LogP contribution in [-0.2, 0) is 9.59 Å². The number of hydrogen-bond donors (Lipinski definition) is 1. The van der Waals surface area contributed by atoms with Gasteiger partial charge in [-0.1, -0.05) is 0 Å². The monoisotopic (exact) mass is 293 g/mol. The lowest BCUT2D eigenvalue weighted by molar-refractivity contribution is -0.133. The van der Waals surface area contributed by atoms with Crippen LogP contribution in [0.2, 0.25) is 0 Å². The van der Waals surface area contributed by atoms with E-state index in [9.17, 15) is 9.59 Å². The lowest BCUT2D eigenvalue weighted by Gasteiger charge is -2.30. The second-order valence-corrected chi connectivity index (χ2v) is 5.97. The first-order valence-corrected chi connectivity index (χ1v) is 7.56. The Kier molecular flexibility index (Phi) is 3.56. The number of carbonyl (C=O) groups is 2. The number of carboxylic acid groups (broad SMARTS) is 1. The third-order valence-electron chi connectivity index (χ3n) is 3.35. The van der Waals surface area contributed by atoms with Crippen LogP contribution in [0.4, 0.5) is 5.69 Å². The van der Waals surface area contributed by atoms with E-state index >= 15 is 0 Å². The van der Waals surface area contributed by atoms with Gasteiger partial charge in [0.2, 0.25) is 5.91 Å². The molecule has 1 aliphatic carbocycles. The summed E-state index contributed by atoms with van der Waals surface area (Å²) in [5.41, 5.74) is 0.767. The minimum atomic E-state index is -0.852. The number of aliphatic carboxylic acids is 1. The molecule has 0 saturated heterocycles. The molecule has 0 atom stereocenters. The second-order valence-electron chi connectivity index (χ2n) is 4.92. The molecule has 0 bridgehead atoms. The van der Waals surface area contributed by atoms with Crippen molar-refractivity contribution in [2.75, 3.05) is 23.8 Å². The molecule has 1 fully saturated rings. The van der Waals surface area contributed by atoms with E-state index in [0.717, 1.165) is 23.4 Å². The Hall–Kier alpha value is -1.69. The van der Waals surface area contributed by atoms with Crippen LogP contribution in [0.15, 0.2) is 23.1 Å². The standard InChI is InChI=1S/C14H15NO4S/c16-13(17)8-20-10-3-4-12-11(7-10)15(5-6-19-12)14(18)9-1-2-9/h3-4,7,9H,1-2,5-6,8H2,(H,16,17). The van der Waals surface area contributed by atoms with E-state index < -0.39 is 5.97 Å². The lowest BCUT2D eigenvalue weighted by atomic mass is 10.2. The van der Waals surface area contributed by atoms with E-state index in [-0.39, 0.29) is 17.6 Å². The number of carboxylic acids is 1. The van der Waals surface area contributed by atoms with Crippen molar-refractivity contribution in [3.63, 3.8) is 0 Å². The number of fused-ring (bicyclic) bond motifs is 1. The summed E-state index contributed by atoms with van der Waals surface area (Å²) in [4.78, 5) is 25.5. The van der Waals surface area contributed by atoms with E-state index in [1.807, 2.05) is 18.2 Å². The van der Waals surface area contributed by atoms with Gasteiger partial charge in [-0.15, -0.1) is 11.8 Å². The predicted octanol–water partition coefficient (Wildman–Crippen LogP) is 2.00. The van der Waals surface area contributed by atoms with Gasteiger partial charge in [0.15, 0.2) is 0 Å². The van der Waals surface area contributed by atoms with Crippen LogP contribution >= 0.6 is 11.8 Å². The molecule has 3 rings (SSSR count). The molecule has 1 saturated carbocycles. The minimum absolute atomic E-state index is 0.0101. The Labute approximate surface area is 120 Å². The molecule has 20 heavy (non-hydrogen) atoms. The Bertz CT molecular complexity index is 556. The molecule has 1 N–H and O–H groups in total. The van der Waals surface area contributed by atoms with Crippen molar-refractivity contribution in [3.05, 3.63) is 18.2 Å². The molecule has 1 heterocycles. The highest BCUT2D eigenvalue weighted by Crippen LogP contribution is 2.39. The van der Waals surface area contributed by atoms with E-state index in [2.05, 4.69) is 0 Å². The summed E-state index contributed by atoms with van der Waals surface area (Å²) < 4.78 is 5.57. The number of carbonyl (C=O) groups excluding carboxylic acids is 1. The first-order chi connectivity index (χ1) is 9.65. The molecule has 5 nitrogen and oxygen atoms in total. The normalized spacial score (nSPS) is 17.3. The number of rotatable bonds is 4. The van der Waals surface area contributed by atoms with Crippen molar-refractivity contribution in [1.29, 1.82) is 0 Å². The van der Waals surface area contributed by atoms with Crippen LogP contribution < -0.4 is 9.64 Å². The van der Waals surface area contributed by atoms with Gasteiger partial charge in [0.05, 0.1) is 18.0 Å². The largest absolute Gasteiger partial charge is 0.490 e. The van der Waals surface area contributed by atoms with Crippen molar-refractivity contribution in [3.8, 4) is 5.75 Å². The number of hydrogen-bond acceptors (Lipinski definition) is 4. The molecule has 2 aliphatic rings. The van der Waals surface area contributed by atoms with Crippen LogP contribution in [0.3, 0.4) is 0 Å². The van der Waals surface area contributed by atoms with Crippen molar-refractivity contribution < 1.29 is 19.4 Å². The van der Waals surface area contributed by atoms with Crippen molar-refractivity contribution in [2.45, 2.75) is 17.7 Å². The molecule has 0 unspecified atom stereocenters. The van der Waals surface area contributed by atoms with Gasteiger partial charge >= 0.3 is 5.97 Å². The van der Waals surface area contributed by atoms with Crippen LogP contribution in [0.25, 0.3) is 0 Å². The number of thioether (sulfide) groups is 1. The number of nitrogens with zero attached hydrogens (tertiary/aromatic N) is 1. The maximum Gasteiger partial charge on any atom is 0.313 e. The van der Waals surface area contributed by atoms with Gasteiger partial charge in [0.25, 0.3) is 0 Å². The van der Waals surface area contributed by atoms with Crippen molar-refractivity contribution in [1.82, 2.24) is 0 Å². The van der Waals surface area contributed by atoms with Crippen molar-refractivity contribution in [2.24, 2.45) is 5.92 Å². The van der Waals surface area contributed by atoms with Gasteiger partial charge < -0.3 is 14.7 Å². The van der Waals surface area contributed by atoms with Gasteiger partial charge in [-0.05, 0) is 31.0 Å². The highest BCUT2D eigenvalue weighted by molar-refractivity contribution is 8.00. The summed E-state index contributed by atoms with van der Waals surface area (Å²) in [7, 11) is 0. The van der Waals surface area contributed by atoms with Crippen LogP contribution in [0.5, 0.6) is 5.75 Å². The zero-order valence-electron chi connectivity index (χ0n) is 10.9. The third-order valence-corrected chi connectivity index (χ3v) is 4.33. The van der Waals surface area contributed by atoms with E-state index in [1.165, 1.54) is 11.8 Å². The molecule has 106 valence electrons. The van der Waals surface area contributed by atoms with E-state index in [0.29, 0.717) is 18.9 Å². The fourth-order valence-corrected chi connectivity index (χ4v) is 2.86. The molecule has 0 aromatic heterocycles. The Morgan fingerprint density at radius 1 is 1.40 bits per heavy atom. The summed E-state index contributed by atoms with van der Waals surface area (Å²) in [5.74, 6) is 0.182. The van der Waals surface area contributed by atoms with Gasteiger partial charge in [0.1, 0.15) is 12.4 Å². The summed E-state index contributed by atoms with van der Waals surface area (Å²) in [6.07, 6.45) is 1.94. The SMILES string of the molecule is O=C(O)CSc1ccc2c(c1)N(C(=O)C1CC1)CCO2. The number of anilines is 1. The molecule has 1 amide bonds. The van der Waals surface area contributed by atoms with Crippen LogP contribution in [0.1, 0.15) is 12.8 Å². The van der Waals surface area contributed by atoms with Gasteiger partial charge in [-0.3, -0.25) is 9.59 Å². The van der Waals surface area contributed by atoms with Crippen molar-refractivity contribution >= 4 is 29.3 Å². The molecule has 1 aliphatic heterocycles. The van der Waals surface area contributed by atoms with Crippen LogP contribution in [0, 0.1) is 5.92 Å². The molecular weight excluding hydrogens is 278 g/mol. The summed E-state index contributed by atoms with van der Waals surface area (Å²) in [6.45, 7) is 1.07. The van der Waals surface area contributed by atoms with E-state index in [1.54, 1.807) is 4.90 Å². The number of ether oxygens (including phenoxy) is 1. The Morgan fingerprint density at radius 3 is 2.90 bits per heavy atom. The van der Waals surface area contributed by atoms with Crippen LogP contribution in [-0.4, -0.2) is 35.9 Å².